The lowest BCUT2D eigenvalue weighted by atomic mass is 9.97. The Balaban J connectivity index is 1.76. The zero-order valence-corrected chi connectivity index (χ0v) is 11.3. The van der Waals surface area contributed by atoms with Crippen LogP contribution >= 0.6 is 0 Å². The molecule has 1 aromatic heterocycles. The Labute approximate surface area is 112 Å². The van der Waals surface area contributed by atoms with E-state index < -0.39 is 5.54 Å². The number of hydrogen-bond acceptors (Lipinski definition) is 4. The number of nitrogens with zero attached hydrogens (tertiary/aromatic N) is 3. The molecule has 0 N–H and O–H groups in total. The standard InChI is InChI=1S/C13H19N3O3/c1-12(2,16-5-3-4-14-16)11(17)15-6-7-19-13(8-15)9-18-10-13/h3-5H,6-10H2,1-2H3. The molecule has 1 aromatic rings. The Hall–Kier alpha value is -1.40. The first-order valence-corrected chi connectivity index (χ1v) is 6.55. The van der Waals surface area contributed by atoms with Gasteiger partial charge in [-0.25, -0.2) is 0 Å². The molecule has 3 rings (SSSR count). The van der Waals surface area contributed by atoms with Crippen LogP contribution in [0.2, 0.25) is 0 Å². The Bertz CT molecular complexity index is 465. The highest BCUT2D eigenvalue weighted by molar-refractivity contribution is 5.83. The van der Waals surface area contributed by atoms with E-state index in [2.05, 4.69) is 5.10 Å². The second-order valence-corrected chi connectivity index (χ2v) is 5.76. The van der Waals surface area contributed by atoms with Gasteiger partial charge in [-0.15, -0.1) is 0 Å². The van der Waals surface area contributed by atoms with Crippen molar-refractivity contribution in [3.05, 3.63) is 18.5 Å². The van der Waals surface area contributed by atoms with Gasteiger partial charge in [0.05, 0.1) is 26.4 Å². The van der Waals surface area contributed by atoms with E-state index in [1.807, 2.05) is 31.0 Å². The van der Waals surface area contributed by atoms with Crippen LogP contribution in [-0.2, 0) is 19.8 Å². The van der Waals surface area contributed by atoms with Crippen LogP contribution in [0.5, 0.6) is 0 Å². The number of amides is 1. The molecule has 0 aromatic carbocycles. The molecule has 6 heteroatoms. The number of carbonyl (C=O) groups is 1. The van der Waals surface area contributed by atoms with Gasteiger partial charge in [0.25, 0.3) is 0 Å². The highest BCUT2D eigenvalue weighted by Gasteiger charge is 2.47. The first-order chi connectivity index (χ1) is 9.04. The Kier molecular flexibility index (Phi) is 2.87. The summed E-state index contributed by atoms with van der Waals surface area (Å²) in [6.45, 7) is 6.76. The molecular weight excluding hydrogens is 246 g/mol. The van der Waals surface area contributed by atoms with Crippen molar-refractivity contribution in [3.63, 3.8) is 0 Å². The second kappa shape index (κ2) is 4.31. The molecule has 0 bridgehead atoms. The zero-order chi connectivity index (χ0) is 13.5. The van der Waals surface area contributed by atoms with Crippen molar-refractivity contribution < 1.29 is 14.3 Å². The van der Waals surface area contributed by atoms with Crippen molar-refractivity contribution in [3.8, 4) is 0 Å². The number of hydrogen-bond donors (Lipinski definition) is 0. The molecule has 2 aliphatic heterocycles. The summed E-state index contributed by atoms with van der Waals surface area (Å²) in [6, 6.07) is 1.83. The maximum absolute atomic E-state index is 12.7. The van der Waals surface area contributed by atoms with Crippen molar-refractivity contribution >= 4 is 5.91 Å². The van der Waals surface area contributed by atoms with Gasteiger partial charge >= 0.3 is 0 Å². The smallest absolute Gasteiger partial charge is 0.250 e. The van der Waals surface area contributed by atoms with Crippen molar-refractivity contribution in [1.82, 2.24) is 14.7 Å². The summed E-state index contributed by atoms with van der Waals surface area (Å²) in [6.07, 6.45) is 3.51. The van der Waals surface area contributed by atoms with Gasteiger partial charge in [-0.1, -0.05) is 0 Å². The summed E-state index contributed by atoms with van der Waals surface area (Å²) in [5.41, 5.74) is -0.944. The van der Waals surface area contributed by atoms with Crippen molar-refractivity contribution in [2.24, 2.45) is 0 Å². The minimum Gasteiger partial charge on any atom is -0.375 e. The summed E-state index contributed by atoms with van der Waals surface area (Å²) < 4.78 is 12.7. The van der Waals surface area contributed by atoms with Gasteiger partial charge in [0.15, 0.2) is 0 Å². The van der Waals surface area contributed by atoms with Gasteiger partial charge in [0, 0.05) is 18.9 Å². The third kappa shape index (κ3) is 2.04. The number of carbonyl (C=O) groups excluding carboxylic acids is 1. The maximum Gasteiger partial charge on any atom is 0.250 e. The fourth-order valence-electron chi connectivity index (χ4n) is 2.61. The number of aromatic nitrogens is 2. The first-order valence-electron chi connectivity index (χ1n) is 6.55. The molecule has 1 amide bonds. The summed E-state index contributed by atoms with van der Waals surface area (Å²) in [5, 5.41) is 4.19. The maximum atomic E-state index is 12.7. The van der Waals surface area contributed by atoms with Crippen LogP contribution in [0.4, 0.5) is 0 Å². The molecular formula is C13H19N3O3. The molecule has 104 valence electrons. The molecule has 3 heterocycles. The predicted octanol–water partition coefficient (Wildman–Crippen LogP) is 0.246. The molecule has 0 aliphatic carbocycles. The summed E-state index contributed by atoms with van der Waals surface area (Å²) in [7, 11) is 0. The van der Waals surface area contributed by atoms with Crippen LogP contribution in [0.15, 0.2) is 18.5 Å². The van der Waals surface area contributed by atoms with E-state index in [9.17, 15) is 4.79 Å². The molecule has 6 nitrogen and oxygen atoms in total. The minimum absolute atomic E-state index is 0.0748. The molecule has 19 heavy (non-hydrogen) atoms. The first kappa shape index (κ1) is 12.6. The average Bonchev–Trinajstić information content (AvgIpc) is 2.90. The highest BCUT2D eigenvalue weighted by atomic mass is 16.6. The van der Waals surface area contributed by atoms with E-state index in [0.717, 1.165) is 0 Å². The van der Waals surface area contributed by atoms with Crippen LogP contribution in [-0.4, -0.2) is 59.1 Å². The van der Waals surface area contributed by atoms with Crippen LogP contribution in [0.1, 0.15) is 13.8 Å². The van der Waals surface area contributed by atoms with Crippen molar-refractivity contribution in [1.29, 1.82) is 0 Å². The van der Waals surface area contributed by atoms with Crippen LogP contribution in [0.3, 0.4) is 0 Å². The number of rotatable bonds is 2. The van der Waals surface area contributed by atoms with Gasteiger partial charge in [0.2, 0.25) is 5.91 Å². The molecule has 0 saturated carbocycles. The fourth-order valence-corrected chi connectivity index (χ4v) is 2.61. The molecule has 1 spiro atoms. The molecule has 2 saturated heterocycles. The van der Waals surface area contributed by atoms with E-state index in [1.54, 1.807) is 10.9 Å². The lowest BCUT2D eigenvalue weighted by molar-refractivity contribution is -0.238. The molecule has 0 atom stereocenters. The third-order valence-corrected chi connectivity index (χ3v) is 3.87. The summed E-state index contributed by atoms with van der Waals surface area (Å²) in [5.74, 6) is 0.0748. The molecule has 0 radical (unpaired) electrons. The van der Waals surface area contributed by atoms with E-state index in [4.69, 9.17) is 9.47 Å². The van der Waals surface area contributed by atoms with Crippen LogP contribution in [0, 0.1) is 0 Å². The SMILES string of the molecule is CC(C)(C(=O)N1CCOC2(COC2)C1)n1cccn1. The van der Waals surface area contributed by atoms with E-state index in [-0.39, 0.29) is 11.5 Å². The second-order valence-electron chi connectivity index (χ2n) is 5.76. The quantitative estimate of drug-likeness (QED) is 0.769. The van der Waals surface area contributed by atoms with Gasteiger partial charge in [-0.3, -0.25) is 9.48 Å². The topological polar surface area (TPSA) is 56.6 Å². The predicted molar refractivity (Wildman–Crippen MR) is 67.6 cm³/mol. The number of morpholine rings is 1. The normalized spacial score (nSPS) is 22.3. The summed E-state index contributed by atoms with van der Waals surface area (Å²) in [4.78, 5) is 14.6. The lowest BCUT2D eigenvalue weighted by Gasteiger charge is -2.48. The van der Waals surface area contributed by atoms with E-state index >= 15 is 0 Å². The Morgan fingerprint density at radius 2 is 2.21 bits per heavy atom. The Morgan fingerprint density at radius 1 is 1.42 bits per heavy atom. The van der Waals surface area contributed by atoms with Gasteiger partial charge < -0.3 is 14.4 Å². The van der Waals surface area contributed by atoms with Crippen LogP contribution in [0.25, 0.3) is 0 Å². The largest absolute Gasteiger partial charge is 0.375 e. The van der Waals surface area contributed by atoms with Crippen molar-refractivity contribution in [2.75, 3.05) is 32.9 Å². The lowest BCUT2D eigenvalue weighted by Crippen LogP contribution is -2.65. The highest BCUT2D eigenvalue weighted by Crippen LogP contribution is 2.28. The Morgan fingerprint density at radius 3 is 2.79 bits per heavy atom. The van der Waals surface area contributed by atoms with Gasteiger partial charge in [0.1, 0.15) is 11.1 Å². The van der Waals surface area contributed by atoms with Crippen molar-refractivity contribution in [2.45, 2.75) is 25.0 Å². The molecule has 2 fully saturated rings. The monoisotopic (exact) mass is 265 g/mol. The van der Waals surface area contributed by atoms with Gasteiger partial charge in [-0.05, 0) is 19.9 Å². The number of ether oxygens (including phenoxy) is 2. The van der Waals surface area contributed by atoms with E-state index in [0.29, 0.717) is 32.9 Å². The van der Waals surface area contributed by atoms with E-state index in [1.165, 1.54) is 0 Å². The minimum atomic E-state index is -0.674. The third-order valence-electron chi connectivity index (χ3n) is 3.87. The van der Waals surface area contributed by atoms with Crippen LogP contribution < -0.4 is 0 Å². The molecule has 2 aliphatic rings. The fraction of sp³-hybridized carbons (Fsp3) is 0.692. The average molecular weight is 265 g/mol. The molecule has 0 unspecified atom stereocenters. The van der Waals surface area contributed by atoms with Gasteiger partial charge in [-0.2, -0.15) is 5.10 Å². The summed E-state index contributed by atoms with van der Waals surface area (Å²) >= 11 is 0. The zero-order valence-electron chi connectivity index (χ0n) is 11.3.